The fourth-order valence-electron chi connectivity index (χ4n) is 5.94. The van der Waals surface area contributed by atoms with Gasteiger partial charge < -0.3 is 19.8 Å². The van der Waals surface area contributed by atoms with E-state index < -0.39 is 25.7 Å². The molecule has 3 aromatic carbocycles. The van der Waals surface area contributed by atoms with Gasteiger partial charge in [-0.25, -0.2) is 13.1 Å². The van der Waals surface area contributed by atoms with E-state index in [0.717, 1.165) is 69.0 Å². The van der Waals surface area contributed by atoms with Gasteiger partial charge in [-0.3, -0.25) is 19.8 Å². The molecule has 2 aliphatic rings. The number of hydrogen-bond donors (Lipinski definition) is 3. The lowest BCUT2D eigenvalue weighted by Gasteiger charge is -2.39. The molecule has 230 valence electrons. The van der Waals surface area contributed by atoms with Gasteiger partial charge in [0.2, 0.25) is 0 Å². The van der Waals surface area contributed by atoms with Gasteiger partial charge in [0.15, 0.2) is 0 Å². The van der Waals surface area contributed by atoms with Crippen molar-refractivity contribution in [1.82, 2.24) is 14.6 Å². The molecular formula is C31H33N5O7S. The minimum absolute atomic E-state index is 0.0101. The van der Waals surface area contributed by atoms with Gasteiger partial charge in [0.1, 0.15) is 17.2 Å². The normalized spacial score (nSPS) is 19.4. The number of carbonyl (C=O) groups excluding carboxylic acids is 1. The maximum Gasteiger partial charge on any atom is 0.293 e. The van der Waals surface area contributed by atoms with Gasteiger partial charge in [0.05, 0.1) is 28.6 Å². The third-order valence-electron chi connectivity index (χ3n) is 8.23. The molecule has 3 N–H and O–H groups in total. The van der Waals surface area contributed by atoms with E-state index in [9.17, 15) is 23.3 Å². The maximum absolute atomic E-state index is 13.3. The number of benzene rings is 3. The van der Waals surface area contributed by atoms with Gasteiger partial charge in [-0.15, -0.1) is 0 Å². The van der Waals surface area contributed by atoms with E-state index in [4.69, 9.17) is 9.47 Å². The Morgan fingerprint density at radius 3 is 2.50 bits per heavy atom. The third-order valence-corrected chi connectivity index (χ3v) is 9.56. The largest absolute Gasteiger partial charge is 0.456 e. The second-order valence-corrected chi connectivity index (χ2v) is 12.6. The van der Waals surface area contributed by atoms with Gasteiger partial charge in [0, 0.05) is 48.3 Å². The Hall–Kier alpha value is -4.46. The van der Waals surface area contributed by atoms with Crippen molar-refractivity contribution in [3.05, 3.63) is 88.6 Å². The standard InChI is InChI=1S/C31H33N5O7S/c37-31(25-4-1-2-6-30(25)43-29-7-3-5-26-24(29)14-15-32-26)34-44(40,41)23-12-13-27(28(20-23)36(38)39)33-21-8-10-22(11-9-21)35-16-18-42-19-17-35/h1-7,12-15,20-22,32-33H,8-11,16-19H2,(H,34,37). The molecule has 2 fully saturated rings. The monoisotopic (exact) mass is 619 g/mol. The number of nitrogens with one attached hydrogen (secondary N) is 3. The first-order valence-electron chi connectivity index (χ1n) is 14.6. The summed E-state index contributed by atoms with van der Waals surface area (Å²) in [5.41, 5.74) is 0.697. The molecule has 6 rings (SSSR count). The number of sulfonamides is 1. The fraction of sp³-hybridized carbons (Fsp3) is 0.323. The zero-order chi connectivity index (χ0) is 30.7. The Morgan fingerprint density at radius 1 is 0.977 bits per heavy atom. The molecule has 0 spiro atoms. The molecule has 13 heteroatoms. The summed E-state index contributed by atoms with van der Waals surface area (Å²) in [6.45, 7) is 3.32. The number of amides is 1. The quantitative estimate of drug-likeness (QED) is 0.172. The van der Waals surface area contributed by atoms with E-state index in [-0.39, 0.29) is 28.7 Å². The molecule has 0 radical (unpaired) electrons. The summed E-state index contributed by atoms with van der Waals surface area (Å²) in [5, 5.41) is 16.0. The Balaban J connectivity index is 1.15. The molecule has 0 bridgehead atoms. The van der Waals surface area contributed by atoms with Crippen LogP contribution in [0.5, 0.6) is 11.5 Å². The number of carbonyl (C=O) groups is 1. The number of nitro benzene ring substituents is 1. The van der Waals surface area contributed by atoms with Crippen LogP contribution in [0.25, 0.3) is 10.9 Å². The highest BCUT2D eigenvalue weighted by Crippen LogP contribution is 2.33. The summed E-state index contributed by atoms with van der Waals surface area (Å²) in [7, 11) is -4.46. The smallest absolute Gasteiger partial charge is 0.293 e. The number of H-pyrrole nitrogens is 1. The summed E-state index contributed by atoms with van der Waals surface area (Å²) in [4.78, 5) is 29.7. The lowest BCUT2D eigenvalue weighted by Crippen LogP contribution is -2.46. The zero-order valence-electron chi connectivity index (χ0n) is 23.9. The molecule has 1 aromatic heterocycles. The van der Waals surface area contributed by atoms with Crippen molar-refractivity contribution in [2.24, 2.45) is 0 Å². The number of ether oxygens (including phenoxy) is 2. The van der Waals surface area contributed by atoms with Gasteiger partial charge >= 0.3 is 0 Å². The average molecular weight is 620 g/mol. The first kappa shape index (κ1) is 29.6. The minimum atomic E-state index is -4.46. The van der Waals surface area contributed by atoms with Crippen molar-refractivity contribution < 1.29 is 27.6 Å². The van der Waals surface area contributed by atoms with E-state index >= 15 is 0 Å². The minimum Gasteiger partial charge on any atom is -0.456 e. The highest BCUT2D eigenvalue weighted by atomic mass is 32.2. The van der Waals surface area contributed by atoms with Gasteiger partial charge in [-0.05, 0) is 68.1 Å². The number of morpholine rings is 1. The topological polar surface area (TPSA) is 156 Å². The number of aromatic amines is 1. The maximum atomic E-state index is 13.3. The van der Waals surface area contributed by atoms with Crippen LogP contribution in [0.2, 0.25) is 0 Å². The Labute approximate surface area is 254 Å². The number of rotatable bonds is 9. The predicted octanol–water partition coefficient (Wildman–Crippen LogP) is 5.04. The van der Waals surface area contributed by atoms with E-state index in [1.165, 1.54) is 18.2 Å². The number of nitrogens with zero attached hydrogens (tertiary/aromatic N) is 2. The molecule has 12 nitrogen and oxygen atoms in total. The van der Waals surface area contributed by atoms with Crippen molar-refractivity contribution in [2.75, 3.05) is 31.6 Å². The lowest BCUT2D eigenvalue weighted by atomic mass is 9.89. The molecule has 1 saturated heterocycles. The number of hydrogen-bond acceptors (Lipinski definition) is 9. The van der Waals surface area contributed by atoms with Crippen molar-refractivity contribution >= 4 is 38.2 Å². The summed E-state index contributed by atoms with van der Waals surface area (Å²) in [6.07, 6.45) is 5.38. The highest BCUT2D eigenvalue weighted by Gasteiger charge is 2.29. The molecular weight excluding hydrogens is 586 g/mol. The third kappa shape index (κ3) is 6.39. The Morgan fingerprint density at radius 2 is 1.73 bits per heavy atom. The number of nitro groups is 1. The first-order valence-corrected chi connectivity index (χ1v) is 16.0. The van der Waals surface area contributed by atoms with Crippen LogP contribution in [-0.2, 0) is 14.8 Å². The lowest BCUT2D eigenvalue weighted by molar-refractivity contribution is -0.384. The number of anilines is 1. The van der Waals surface area contributed by atoms with Crippen molar-refractivity contribution in [3.63, 3.8) is 0 Å². The fourth-order valence-corrected chi connectivity index (χ4v) is 6.93. The highest BCUT2D eigenvalue weighted by molar-refractivity contribution is 7.90. The van der Waals surface area contributed by atoms with Crippen molar-refractivity contribution in [2.45, 2.75) is 42.7 Å². The van der Waals surface area contributed by atoms with Crippen LogP contribution in [0.1, 0.15) is 36.0 Å². The molecule has 0 atom stereocenters. The zero-order valence-corrected chi connectivity index (χ0v) is 24.7. The van der Waals surface area contributed by atoms with Crippen LogP contribution < -0.4 is 14.8 Å². The van der Waals surface area contributed by atoms with Crippen LogP contribution in [-0.4, -0.2) is 67.5 Å². The SMILES string of the molecule is O=C(NS(=O)(=O)c1ccc(NC2CCC(N3CCOCC3)CC2)c([N+](=O)[O-])c1)c1ccccc1Oc1cccc2[nH]ccc12. The second-order valence-electron chi connectivity index (χ2n) is 11.0. The van der Waals surface area contributed by atoms with Crippen molar-refractivity contribution in [3.8, 4) is 11.5 Å². The number of para-hydroxylation sites is 1. The average Bonchev–Trinajstić information content (AvgIpc) is 3.52. The molecule has 1 aliphatic carbocycles. The summed E-state index contributed by atoms with van der Waals surface area (Å²) in [5.74, 6) is -0.286. The molecule has 1 aliphatic heterocycles. The molecule has 1 saturated carbocycles. The van der Waals surface area contributed by atoms with E-state index in [2.05, 4.69) is 15.2 Å². The molecule has 2 heterocycles. The van der Waals surface area contributed by atoms with E-state index in [1.54, 1.807) is 36.5 Å². The van der Waals surface area contributed by atoms with Crippen LogP contribution in [0.4, 0.5) is 11.4 Å². The number of fused-ring (bicyclic) bond motifs is 1. The van der Waals surface area contributed by atoms with Gasteiger partial charge in [-0.2, -0.15) is 0 Å². The number of aromatic nitrogens is 1. The first-order chi connectivity index (χ1) is 21.3. The predicted molar refractivity (Wildman–Crippen MR) is 165 cm³/mol. The molecule has 0 unspecified atom stereocenters. The van der Waals surface area contributed by atoms with Crippen LogP contribution >= 0.6 is 0 Å². The van der Waals surface area contributed by atoms with Crippen LogP contribution in [0.3, 0.4) is 0 Å². The van der Waals surface area contributed by atoms with E-state index in [0.29, 0.717) is 11.8 Å². The Bertz CT molecular complexity index is 1780. The molecule has 44 heavy (non-hydrogen) atoms. The van der Waals surface area contributed by atoms with Gasteiger partial charge in [-0.1, -0.05) is 18.2 Å². The summed E-state index contributed by atoms with van der Waals surface area (Å²) >= 11 is 0. The van der Waals surface area contributed by atoms with Crippen molar-refractivity contribution in [1.29, 1.82) is 0 Å². The van der Waals surface area contributed by atoms with Crippen LogP contribution in [0, 0.1) is 10.1 Å². The van der Waals surface area contributed by atoms with E-state index in [1.807, 2.05) is 16.9 Å². The van der Waals surface area contributed by atoms with Crippen LogP contribution in [0.15, 0.2) is 77.8 Å². The molecule has 4 aromatic rings. The molecule has 1 amide bonds. The Kier molecular flexibility index (Phi) is 8.51. The second kappa shape index (κ2) is 12.6. The van der Waals surface area contributed by atoms with Gasteiger partial charge in [0.25, 0.3) is 21.6 Å². The summed E-state index contributed by atoms with van der Waals surface area (Å²) in [6, 6.07) is 17.6. The summed E-state index contributed by atoms with van der Waals surface area (Å²) < 4.78 is 40.0.